The van der Waals surface area contributed by atoms with Crippen LogP contribution in [0.15, 0.2) is 35.3 Å². The van der Waals surface area contributed by atoms with E-state index in [2.05, 4.69) is 10.3 Å². The molecule has 5 heteroatoms. The second-order valence-corrected chi connectivity index (χ2v) is 5.51. The van der Waals surface area contributed by atoms with Crippen LogP contribution in [0.4, 0.5) is 0 Å². The molecule has 1 aromatic carbocycles. The number of nitrogens with one attached hydrogen (secondary N) is 1. The molecule has 0 fully saturated rings. The van der Waals surface area contributed by atoms with Crippen molar-refractivity contribution in [1.29, 1.82) is 0 Å². The van der Waals surface area contributed by atoms with E-state index in [1.54, 1.807) is 6.21 Å². The summed E-state index contributed by atoms with van der Waals surface area (Å²) in [5.41, 5.74) is 0.162. The first-order valence-electron chi connectivity index (χ1n) is 7.29. The maximum absolute atomic E-state index is 11.5. The Balaban J connectivity index is 1.78. The molecule has 2 atom stereocenters. The van der Waals surface area contributed by atoms with Crippen LogP contribution in [0.1, 0.15) is 30.9 Å². The molecule has 0 saturated carbocycles. The van der Waals surface area contributed by atoms with E-state index < -0.39 is 17.5 Å². The number of hydrogen-bond donors (Lipinski definition) is 3. The Morgan fingerprint density at radius 3 is 2.76 bits per heavy atom. The van der Waals surface area contributed by atoms with Gasteiger partial charge in [-0.05, 0) is 37.6 Å². The molecule has 1 heterocycles. The van der Waals surface area contributed by atoms with Crippen LogP contribution in [0.2, 0.25) is 0 Å². The predicted molar refractivity (Wildman–Crippen MR) is 81.6 cm³/mol. The van der Waals surface area contributed by atoms with Crippen molar-refractivity contribution in [3.63, 3.8) is 0 Å². The zero-order valence-electron chi connectivity index (χ0n) is 12.0. The molecule has 21 heavy (non-hydrogen) atoms. The van der Waals surface area contributed by atoms with Gasteiger partial charge in [-0.25, -0.2) is 0 Å². The van der Waals surface area contributed by atoms with Gasteiger partial charge in [0.1, 0.15) is 0 Å². The molecule has 0 aromatic heterocycles. The van der Waals surface area contributed by atoms with Crippen molar-refractivity contribution in [2.45, 2.75) is 25.4 Å². The van der Waals surface area contributed by atoms with E-state index in [4.69, 9.17) is 0 Å². The number of aliphatic hydroxyl groups is 1. The zero-order chi connectivity index (χ0) is 15.1. The van der Waals surface area contributed by atoms with Crippen LogP contribution in [0.3, 0.4) is 0 Å². The average molecular weight is 290 g/mol. The Morgan fingerprint density at radius 1 is 1.38 bits per heavy atom. The van der Waals surface area contributed by atoms with Crippen LogP contribution in [0, 0.1) is 5.41 Å². The Hall–Kier alpha value is -1.72. The van der Waals surface area contributed by atoms with E-state index >= 15 is 0 Å². The molecule has 0 spiro atoms. The highest BCUT2D eigenvalue weighted by Gasteiger charge is 2.38. The predicted octanol–water partition coefficient (Wildman–Crippen LogP) is 1.64. The van der Waals surface area contributed by atoms with E-state index in [1.807, 2.05) is 30.3 Å². The topological polar surface area (TPSA) is 81.9 Å². The highest BCUT2D eigenvalue weighted by atomic mass is 16.4. The smallest absolute Gasteiger partial charge is 0.310 e. The number of carboxylic acid groups (broad SMARTS) is 1. The van der Waals surface area contributed by atoms with Gasteiger partial charge < -0.3 is 15.5 Å². The van der Waals surface area contributed by atoms with Gasteiger partial charge in [0.05, 0.1) is 11.5 Å². The van der Waals surface area contributed by atoms with Crippen molar-refractivity contribution in [1.82, 2.24) is 5.32 Å². The standard InChI is InChI=1S/C16H22N2O3/c19-14(13-4-2-1-3-5-13)12-18-11-8-16(15(20)21)6-9-17-10-7-16/h1-5,9,14,18-19H,6-8,10-12H2,(H,20,21)/t14-,16?/m0/s1. The molecule has 0 saturated heterocycles. The second-order valence-electron chi connectivity index (χ2n) is 5.51. The molecule has 1 unspecified atom stereocenters. The van der Waals surface area contributed by atoms with E-state index in [0.29, 0.717) is 38.9 Å². The number of carbonyl (C=O) groups is 1. The van der Waals surface area contributed by atoms with Crippen molar-refractivity contribution in [2.75, 3.05) is 19.6 Å². The normalized spacial score (nSPS) is 22.9. The molecule has 2 rings (SSSR count). The van der Waals surface area contributed by atoms with Gasteiger partial charge in [-0.1, -0.05) is 30.3 Å². The van der Waals surface area contributed by atoms with Crippen LogP contribution in [-0.2, 0) is 4.79 Å². The number of benzene rings is 1. The maximum atomic E-state index is 11.5. The molecule has 0 amide bonds. The first kappa shape index (κ1) is 15.7. The number of aliphatic carboxylic acids is 1. The van der Waals surface area contributed by atoms with Crippen molar-refractivity contribution < 1.29 is 15.0 Å². The third kappa shape index (κ3) is 4.12. The van der Waals surface area contributed by atoms with Crippen LogP contribution >= 0.6 is 0 Å². The first-order chi connectivity index (χ1) is 10.1. The van der Waals surface area contributed by atoms with E-state index in [1.165, 1.54) is 0 Å². The molecule has 1 aliphatic rings. The van der Waals surface area contributed by atoms with Crippen molar-refractivity contribution in [3.8, 4) is 0 Å². The third-order valence-electron chi connectivity index (χ3n) is 4.09. The lowest BCUT2D eigenvalue weighted by Crippen LogP contribution is -2.38. The minimum absolute atomic E-state index is 0.424. The number of nitrogens with zero attached hydrogens (tertiary/aromatic N) is 1. The number of hydrogen-bond acceptors (Lipinski definition) is 4. The highest BCUT2D eigenvalue weighted by molar-refractivity contribution is 5.79. The Morgan fingerprint density at radius 2 is 2.14 bits per heavy atom. The molecule has 0 radical (unpaired) electrons. The van der Waals surface area contributed by atoms with Crippen molar-refractivity contribution >= 4 is 12.2 Å². The molecular formula is C16H22N2O3. The van der Waals surface area contributed by atoms with Crippen LogP contribution < -0.4 is 5.32 Å². The Kier molecular flexibility index (Phi) is 5.47. The minimum atomic E-state index is -0.751. The summed E-state index contributed by atoms with van der Waals surface area (Å²) in [6, 6.07) is 9.44. The second kappa shape index (κ2) is 7.33. The van der Waals surface area contributed by atoms with Crippen molar-refractivity contribution in [2.24, 2.45) is 10.4 Å². The summed E-state index contributed by atoms with van der Waals surface area (Å²) < 4.78 is 0. The fraction of sp³-hybridized carbons (Fsp3) is 0.500. The van der Waals surface area contributed by atoms with Gasteiger partial charge in [-0.2, -0.15) is 0 Å². The SMILES string of the molecule is O=C(O)C1(CCNC[C@H](O)c2ccccc2)CC=NCC1. The summed E-state index contributed by atoms with van der Waals surface area (Å²) in [5, 5.41) is 22.6. The Labute approximate surface area is 124 Å². The molecule has 5 nitrogen and oxygen atoms in total. The summed E-state index contributed by atoms with van der Waals surface area (Å²) >= 11 is 0. The molecule has 3 N–H and O–H groups in total. The lowest BCUT2D eigenvalue weighted by molar-refractivity contribution is -0.149. The number of carboxylic acids is 1. The summed E-state index contributed by atoms with van der Waals surface area (Å²) in [6.45, 7) is 1.58. The van der Waals surface area contributed by atoms with E-state index in [0.717, 1.165) is 5.56 Å². The molecule has 1 aromatic rings. The van der Waals surface area contributed by atoms with Gasteiger partial charge in [0.15, 0.2) is 0 Å². The zero-order valence-corrected chi connectivity index (χ0v) is 12.0. The summed E-state index contributed by atoms with van der Waals surface area (Å²) in [5.74, 6) is -0.751. The largest absolute Gasteiger partial charge is 0.481 e. The maximum Gasteiger partial charge on any atom is 0.310 e. The van der Waals surface area contributed by atoms with E-state index in [-0.39, 0.29) is 0 Å². The monoisotopic (exact) mass is 290 g/mol. The van der Waals surface area contributed by atoms with Crippen molar-refractivity contribution in [3.05, 3.63) is 35.9 Å². The van der Waals surface area contributed by atoms with Gasteiger partial charge in [0.25, 0.3) is 0 Å². The molecule has 0 bridgehead atoms. The number of aliphatic imine (C=N–C) groups is 1. The fourth-order valence-electron chi connectivity index (χ4n) is 2.60. The molecular weight excluding hydrogens is 268 g/mol. The van der Waals surface area contributed by atoms with Gasteiger partial charge in [0, 0.05) is 13.1 Å². The third-order valence-corrected chi connectivity index (χ3v) is 4.09. The van der Waals surface area contributed by atoms with Gasteiger partial charge in [0.2, 0.25) is 0 Å². The first-order valence-corrected chi connectivity index (χ1v) is 7.29. The molecule has 0 aliphatic carbocycles. The number of rotatable bonds is 7. The van der Waals surface area contributed by atoms with Gasteiger partial charge in [-0.3, -0.25) is 9.79 Å². The van der Waals surface area contributed by atoms with Crippen LogP contribution in [0.25, 0.3) is 0 Å². The summed E-state index contributed by atoms with van der Waals surface area (Å²) in [7, 11) is 0. The molecule has 1 aliphatic heterocycles. The lowest BCUT2D eigenvalue weighted by Gasteiger charge is -2.30. The Bertz CT molecular complexity index is 490. The fourth-order valence-corrected chi connectivity index (χ4v) is 2.60. The summed E-state index contributed by atoms with van der Waals surface area (Å²) in [6.07, 6.45) is 2.78. The average Bonchev–Trinajstić information content (AvgIpc) is 2.53. The van der Waals surface area contributed by atoms with Crippen LogP contribution in [-0.4, -0.2) is 42.0 Å². The molecule has 114 valence electrons. The van der Waals surface area contributed by atoms with Gasteiger partial charge in [-0.15, -0.1) is 0 Å². The quantitative estimate of drug-likeness (QED) is 0.667. The lowest BCUT2D eigenvalue weighted by atomic mass is 9.77. The van der Waals surface area contributed by atoms with Crippen LogP contribution in [0.5, 0.6) is 0 Å². The summed E-state index contributed by atoms with van der Waals surface area (Å²) in [4.78, 5) is 15.6. The van der Waals surface area contributed by atoms with E-state index in [9.17, 15) is 15.0 Å². The minimum Gasteiger partial charge on any atom is -0.481 e. The van der Waals surface area contributed by atoms with Gasteiger partial charge >= 0.3 is 5.97 Å². The highest BCUT2D eigenvalue weighted by Crippen LogP contribution is 2.32. The number of aliphatic hydroxyl groups excluding tert-OH is 1.